The SMILES string of the molecule is C=C(C)C1CC[C@]2(C)CC[C@@]3(C)C(CCC4[C@@]5(C)CC[C@H](O)C(C)(C)C5CC[C@]43C)C12. The van der Waals surface area contributed by atoms with Crippen LogP contribution in [0.5, 0.6) is 0 Å². The Bertz CT molecular complexity index is 766. The molecule has 5 rings (SSSR count). The van der Waals surface area contributed by atoms with Crippen molar-refractivity contribution in [1.29, 1.82) is 0 Å². The molecule has 1 nitrogen and oxygen atoms in total. The second kappa shape index (κ2) is 6.64. The van der Waals surface area contributed by atoms with Crippen LogP contribution in [0, 0.1) is 56.7 Å². The molecule has 0 bridgehead atoms. The average Bonchev–Trinajstić information content (AvgIpc) is 3.04. The first-order valence-corrected chi connectivity index (χ1v) is 13.6. The second-order valence-corrected chi connectivity index (χ2v) is 14.7. The van der Waals surface area contributed by atoms with Gasteiger partial charge in [-0.2, -0.15) is 0 Å². The summed E-state index contributed by atoms with van der Waals surface area (Å²) in [5.41, 5.74) is 3.38. The number of hydrogen-bond donors (Lipinski definition) is 1. The number of allylic oxidation sites excluding steroid dienone is 1. The Labute approximate surface area is 192 Å². The Morgan fingerprint density at radius 3 is 2.13 bits per heavy atom. The number of fused-ring (bicyclic) bond motifs is 7. The Balaban J connectivity index is 1.54. The summed E-state index contributed by atoms with van der Waals surface area (Å²) in [5, 5.41) is 10.9. The molecule has 5 fully saturated rings. The van der Waals surface area contributed by atoms with Crippen LogP contribution in [0.1, 0.15) is 113 Å². The first-order valence-electron chi connectivity index (χ1n) is 13.6. The van der Waals surface area contributed by atoms with E-state index < -0.39 is 0 Å². The third kappa shape index (κ3) is 2.65. The van der Waals surface area contributed by atoms with Crippen LogP contribution in [0.15, 0.2) is 12.2 Å². The average molecular weight is 427 g/mol. The zero-order valence-electron chi connectivity index (χ0n) is 21.7. The molecule has 1 heteroatoms. The van der Waals surface area contributed by atoms with E-state index in [0.29, 0.717) is 27.6 Å². The van der Waals surface area contributed by atoms with E-state index >= 15 is 0 Å². The fourth-order valence-corrected chi connectivity index (χ4v) is 11.5. The van der Waals surface area contributed by atoms with Gasteiger partial charge in [0, 0.05) is 0 Å². The third-order valence-corrected chi connectivity index (χ3v) is 13.5. The van der Waals surface area contributed by atoms with E-state index in [-0.39, 0.29) is 11.5 Å². The van der Waals surface area contributed by atoms with Gasteiger partial charge in [0.15, 0.2) is 0 Å². The van der Waals surface area contributed by atoms with Gasteiger partial charge in [-0.25, -0.2) is 0 Å². The van der Waals surface area contributed by atoms with Crippen LogP contribution in [0.3, 0.4) is 0 Å². The van der Waals surface area contributed by atoms with Crippen LogP contribution in [0.4, 0.5) is 0 Å². The highest BCUT2D eigenvalue weighted by Crippen LogP contribution is 2.77. The molecular weight excluding hydrogens is 376 g/mol. The summed E-state index contributed by atoms with van der Waals surface area (Å²) in [7, 11) is 0. The van der Waals surface area contributed by atoms with Crippen LogP contribution in [0.2, 0.25) is 0 Å². The molecule has 5 aliphatic rings. The van der Waals surface area contributed by atoms with Crippen molar-refractivity contribution in [2.75, 3.05) is 0 Å². The molecule has 5 aliphatic carbocycles. The van der Waals surface area contributed by atoms with Gasteiger partial charge >= 0.3 is 0 Å². The first kappa shape index (κ1) is 22.5. The lowest BCUT2D eigenvalue weighted by molar-refractivity contribution is -0.246. The van der Waals surface area contributed by atoms with E-state index in [0.717, 1.165) is 30.1 Å². The number of aliphatic hydroxyl groups excluding tert-OH is 1. The summed E-state index contributed by atoms with van der Waals surface area (Å²) in [6, 6.07) is 0. The predicted octanol–water partition coefficient (Wildman–Crippen LogP) is 8.02. The maximum Gasteiger partial charge on any atom is 0.0594 e. The van der Waals surface area contributed by atoms with Gasteiger partial charge in [-0.15, -0.1) is 0 Å². The van der Waals surface area contributed by atoms with Gasteiger partial charge in [-0.3, -0.25) is 0 Å². The van der Waals surface area contributed by atoms with Crippen LogP contribution in [0.25, 0.3) is 0 Å². The molecule has 0 spiro atoms. The van der Waals surface area contributed by atoms with E-state index in [1.165, 1.54) is 63.4 Å². The fraction of sp³-hybridized carbons (Fsp3) is 0.933. The van der Waals surface area contributed by atoms with Crippen molar-refractivity contribution in [3.63, 3.8) is 0 Å². The van der Waals surface area contributed by atoms with Gasteiger partial charge in [0.2, 0.25) is 0 Å². The van der Waals surface area contributed by atoms with Gasteiger partial charge in [0.25, 0.3) is 0 Å². The minimum atomic E-state index is -0.118. The predicted molar refractivity (Wildman–Crippen MR) is 131 cm³/mol. The van der Waals surface area contributed by atoms with Crippen LogP contribution in [-0.4, -0.2) is 11.2 Å². The van der Waals surface area contributed by atoms with E-state index in [2.05, 4.69) is 55.0 Å². The quantitative estimate of drug-likeness (QED) is 0.421. The highest BCUT2D eigenvalue weighted by Gasteiger charge is 2.70. The summed E-state index contributed by atoms with van der Waals surface area (Å²) in [6.45, 7) is 22.3. The van der Waals surface area contributed by atoms with Crippen molar-refractivity contribution in [2.45, 2.75) is 119 Å². The lowest BCUT2D eigenvalue weighted by atomic mass is 9.32. The van der Waals surface area contributed by atoms with Crippen molar-refractivity contribution in [2.24, 2.45) is 56.7 Å². The molecule has 5 saturated carbocycles. The van der Waals surface area contributed by atoms with Gasteiger partial charge in [0.05, 0.1) is 6.10 Å². The summed E-state index contributed by atoms with van der Waals surface area (Å²) in [4.78, 5) is 0. The second-order valence-electron chi connectivity index (χ2n) is 14.7. The minimum Gasteiger partial charge on any atom is -0.393 e. The maximum atomic E-state index is 10.9. The molecule has 31 heavy (non-hydrogen) atoms. The molecule has 5 unspecified atom stereocenters. The Kier molecular flexibility index (Phi) is 4.82. The van der Waals surface area contributed by atoms with E-state index in [1.807, 2.05) is 0 Å². The summed E-state index contributed by atoms with van der Waals surface area (Å²) < 4.78 is 0. The first-order chi connectivity index (χ1) is 14.3. The zero-order chi connectivity index (χ0) is 22.6. The molecule has 0 amide bonds. The number of aliphatic hydroxyl groups is 1. The van der Waals surface area contributed by atoms with E-state index in [4.69, 9.17) is 0 Å². The smallest absolute Gasteiger partial charge is 0.0594 e. The van der Waals surface area contributed by atoms with Gasteiger partial charge in [-0.05, 0) is 128 Å². The monoisotopic (exact) mass is 426 g/mol. The molecule has 0 aromatic rings. The van der Waals surface area contributed by atoms with Crippen molar-refractivity contribution in [3.05, 3.63) is 12.2 Å². The highest BCUT2D eigenvalue weighted by atomic mass is 16.3. The molecule has 0 aromatic carbocycles. The molecule has 0 radical (unpaired) electrons. The Morgan fingerprint density at radius 2 is 1.45 bits per heavy atom. The molecule has 0 saturated heterocycles. The summed E-state index contributed by atoms with van der Waals surface area (Å²) >= 11 is 0. The lowest BCUT2D eigenvalue weighted by Gasteiger charge is -2.73. The van der Waals surface area contributed by atoms with Gasteiger partial charge < -0.3 is 5.11 Å². The minimum absolute atomic E-state index is 0.0632. The molecule has 0 aromatic heterocycles. The van der Waals surface area contributed by atoms with E-state index in [1.54, 1.807) is 0 Å². The van der Waals surface area contributed by atoms with Crippen molar-refractivity contribution in [3.8, 4) is 0 Å². The third-order valence-electron chi connectivity index (χ3n) is 13.5. The Hall–Kier alpha value is -0.300. The Morgan fingerprint density at radius 1 is 0.742 bits per heavy atom. The maximum absolute atomic E-state index is 10.9. The molecule has 10 atom stereocenters. The molecule has 176 valence electrons. The molecule has 0 heterocycles. The lowest BCUT2D eigenvalue weighted by Crippen LogP contribution is -2.66. The van der Waals surface area contributed by atoms with Crippen LogP contribution >= 0.6 is 0 Å². The fourth-order valence-electron chi connectivity index (χ4n) is 11.5. The largest absolute Gasteiger partial charge is 0.393 e. The number of rotatable bonds is 1. The van der Waals surface area contributed by atoms with E-state index in [9.17, 15) is 5.11 Å². The summed E-state index contributed by atoms with van der Waals surface area (Å²) in [5.74, 6) is 3.98. The normalized spacial score (nSPS) is 57.9. The van der Waals surface area contributed by atoms with Crippen LogP contribution < -0.4 is 0 Å². The van der Waals surface area contributed by atoms with Crippen molar-refractivity contribution >= 4 is 0 Å². The van der Waals surface area contributed by atoms with Crippen molar-refractivity contribution < 1.29 is 5.11 Å². The number of hydrogen-bond acceptors (Lipinski definition) is 1. The van der Waals surface area contributed by atoms with Gasteiger partial charge in [-0.1, -0.05) is 53.7 Å². The van der Waals surface area contributed by atoms with Crippen molar-refractivity contribution in [1.82, 2.24) is 0 Å². The zero-order valence-corrected chi connectivity index (χ0v) is 21.7. The van der Waals surface area contributed by atoms with Gasteiger partial charge in [0.1, 0.15) is 0 Å². The molecular formula is C30H50O. The highest BCUT2D eigenvalue weighted by molar-refractivity contribution is 5.21. The van der Waals surface area contributed by atoms with Crippen LogP contribution in [-0.2, 0) is 0 Å². The summed E-state index contributed by atoms with van der Waals surface area (Å²) in [6.07, 6.45) is 13.4. The standard InChI is InChI=1S/C30H50O/c1-19(2)20-11-14-27(5)17-18-29(7)21(25(20)27)9-10-23-28(6)15-13-24(31)26(3,4)22(28)12-16-30(23,29)8/h20-25,31H,1,9-18H2,2-8H3/t20?,21?,22?,23?,24-,25?,27+,28-,29-,30+/m0/s1. The topological polar surface area (TPSA) is 20.2 Å². The molecule has 1 N–H and O–H groups in total. The molecule has 0 aliphatic heterocycles.